The first-order valence-corrected chi connectivity index (χ1v) is 10.6. The Morgan fingerprint density at radius 1 is 1.10 bits per heavy atom. The highest BCUT2D eigenvalue weighted by Gasteiger charge is 2.15. The Kier molecular flexibility index (Phi) is 5.99. The molecule has 4 rings (SSSR count). The Bertz CT molecular complexity index is 1310. The first-order chi connectivity index (χ1) is 14.9. The van der Waals surface area contributed by atoms with Crippen LogP contribution in [0.1, 0.15) is 17.5 Å². The van der Waals surface area contributed by atoms with Crippen LogP contribution >= 0.6 is 35.2 Å². The van der Waals surface area contributed by atoms with Gasteiger partial charge in [0.1, 0.15) is 5.76 Å². The highest BCUT2D eigenvalue weighted by atomic mass is 35.5. The Morgan fingerprint density at radius 2 is 1.94 bits per heavy atom. The van der Waals surface area contributed by atoms with E-state index < -0.39 is 5.91 Å². The fourth-order valence-electron chi connectivity index (χ4n) is 2.81. The molecule has 0 aliphatic rings. The van der Waals surface area contributed by atoms with Crippen LogP contribution in [-0.2, 0) is 4.79 Å². The number of hydrogen-bond donors (Lipinski definition) is 3. The standard InChI is InChI=1S/C21H15ClN4O3S2/c1-11(27)23-14-5-6-15-18(10-14)31-21(24-15)26-20(30)25-19(28)17-8-7-16(29-17)12-3-2-4-13(22)9-12/h2-10H,1H3,(H,23,27)(H2,24,25,26,28,30). The number of carbonyl (C=O) groups excluding carboxylic acids is 2. The topological polar surface area (TPSA) is 96.3 Å². The van der Waals surface area contributed by atoms with Crippen LogP contribution in [0.4, 0.5) is 10.8 Å². The number of anilines is 2. The predicted octanol–water partition coefficient (Wildman–Crippen LogP) is 5.29. The second-order valence-electron chi connectivity index (χ2n) is 6.47. The van der Waals surface area contributed by atoms with Crippen molar-refractivity contribution in [3.05, 3.63) is 65.4 Å². The van der Waals surface area contributed by atoms with Gasteiger partial charge in [-0.2, -0.15) is 0 Å². The molecule has 0 aliphatic heterocycles. The Morgan fingerprint density at radius 3 is 2.71 bits per heavy atom. The summed E-state index contributed by atoms with van der Waals surface area (Å²) in [6, 6.07) is 15.8. The molecule has 0 aliphatic carbocycles. The number of halogens is 1. The largest absolute Gasteiger partial charge is 0.451 e. The second kappa shape index (κ2) is 8.84. The van der Waals surface area contributed by atoms with Gasteiger partial charge in [0.2, 0.25) is 5.91 Å². The molecule has 7 nitrogen and oxygen atoms in total. The molecule has 0 saturated carbocycles. The lowest BCUT2D eigenvalue weighted by Crippen LogP contribution is -2.33. The maximum Gasteiger partial charge on any atom is 0.293 e. The second-order valence-corrected chi connectivity index (χ2v) is 8.34. The number of aromatic nitrogens is 1. The average molecular weight is 471 g/mol. The molecule has 0 spiro atoms. The minimum Gasteiger partial charge on any atom is -0.451 e. The van der Waals surface area contributed by atoms with Crippen LogP contribution in [0.5, 0.6) is 0 Å². The van der Waals surface area contributed by atoms with E-state index in [1.54, 1.807) is 42.5 Å². The van der Waals surface area contributed by atoms with Gasteiger partial charge in [-0.25, -0.2) is 4.98 Å². The number of carbonyl (C=O) groups is 2. The molecule has 2 aromatic heterocycles. The highest BCUT2D eigenvalue weighted by molar-refractivity contribution is 7.80. The average Bonchev–Trinajstić information content (AvgIpc) is 3.34. The van der Waals surface area contributed by atoms with Gasteiger partial charge in [-0.3, -0.25) is 14.9 Å². The molecule has 0 atom stereocenters. The number of fused-ring (bicyclic) bond motifs is 1. The molecule has 0 radical (unpaired) electrons. The number of thiazole rings is 1. The molecule has 10 heteroatoms. The third-order valence-corrected chi connectivity index (χ3v) is 5.47. The Hall–Kier alpha value is -3.27. The van der Waals surface area contributed by atoms with Crippen LogP contribution in [0.3, 0.4) is 0 Å². The van der Waals surface area contributed by atoms with Gasteiger partial charge >= 0.3 is 0 Å². The van der Waals surface area contributed by atoms with E-state index in [0.29, 0.717) is 21.6 Å². The van der Waals surface area contributed by atoms with E-state index in [9.17, 15) is 9.59 Å². The first-order valence-electron chi connectivity index (χ1n) is 9.04. The molecule has 0 fully saturated rings. The summed E-state index contributed by atoms with van der Waals surface area (Å²) in [6.45, 7) is 1.45. The van der Waals surface area contributed by atoms with Gasteiger partial charge in [-0.1, -0.05) is 35.1 Å². The number of hydrogen-bond acceptors (Lipinski definition) is 6. The monoisotopic (exact) mass is 470 g/mol. The third kappa shape index (κ3) is 5.08. The fourth-order valence-corrected chi connectivity index (χ4v) is 4.16. The van der Waals surface area contributed by atoms with E-state index in [-0.39, 0.29) is 16.8 Å². The summed E-state index contributed by atoms with van der Waals surface area (Å²) >= 11 is 12.6. The zero-order valence-corrected chi connectivity index (χ0v) is 18.5. The van der Waals surface area contributed by atoms with Gasteiger partial charge in [0.25, 0.3) is 5.91 Å². The van der Waals surface area contributed by atoms with Crippen molar-refractivity contribution in [2.24, 2.45) is 0 Å². The minimum absolute atomic E-state index is 0.0897. The Balaban J connectivity index is 1.41. The predicted molar refractivity (Wildman–Crippen MR) is 127 cm³/mol. The molecule has 3 N–H and O–H groups in total. The van der Waals surface area contributed by atoms with Crippen LogP contribution < -0.4 is 16.0 Å². The summed E-state index contributed by atoms with van der Waals surface area (Å²) in [4.78, 5) is 28.1. The van der Waals surface area contributed by atoms with Gasteiger partial charge in [-0.15, -0.1) is 0 Å². The van der Waals surface area contributed by atoms with Gasteiger partial charge in [0.05, 0.1) is 10.2 Å². The lowest BCUT2D eigenvalue weighted by atomic mass is 10.2. The van der Waals surface area contributed by atoms with Crippen LogP contribution in [0, 0.1) is 0 Å². The van der Waals surface area contributed by atoms with Gasteiger partial charge < -0.3 is 15.1 Å². The van der Waals surface area contributed by atoms with E-state index in [2.05, 4.69) is 20.9 Å². The van der Waals surface area contributed by atoms with Crippen LogP contribution in [-0.4, -0.2) is 21.9 Å². The molecule has 0 saturated heterocycles. The SMILES string of the molecule is CC(=O)Nc1ccc2nc(NC(=S)NC(=O)c3ccc(-c4cccc(Cl)c4)o3)sc2c1. The summed E-state index contributed by atoms with van der Waals surface area (Å²) in [5.74, 6) is -0.00145. The number of nitrogens with one attached hydrogen (secondary N) is 3. The van der Waals surface area contributed by atoms with Gasteiger partial charge in [-0.05, 0) is 54.7 Å². The molecule has 31 heavy (non-hydrogen) atoms. The van der Waals surface area contributed by atoms with E-state index in [4.69, 9.17) is 28.2 Å². The van der Waals surface area contributed by atoms with Crippen molar-refractivity contribution >= 4 is 73.1 Å². The van der Waals surface area contributed by atoms with Crippen molar-refractivity contribution in [1.82, 2.24) is 10.3 Å². The zero-order chi connectivity index (χ0) is 22.0. The summed E-state index contributed by atoms with van der Waals surface area (Å²) in [5, 5.41) is 9.38. The van der Waals surface area contributed by atoms with E-state index in [0.717, 1.165) is 15.8 Å². The normalized spacial score (nSPS) is 10.6. The first kappa shape index (κ1) is 21.0. The number of benzene rings is 2. The quantitative estimate of drug-likeness (QED) is 0.350. The molecule has 2 aromatic carbocycles. The third-order valence-electron chi connectivity index (χ3n) is 4.10. The number of nitrogens with zero attached hydrogens (tertiary/aromatic N) is 1. The van der Waals surface area contributed by atoms with Crippen LogP contribution in [0.2, 0.25) is 5.02 Å². The van der Waals surface area contributed by atoms with Crippen molar-refractivity contribution in [3.63, 3.8) is 0 Å². The smallest absolute Gasteiger partial charge is 0.293 e. The summed E-state index contributed by atoms with van der Waals surface area (Å²) in [7, 11) is 0. The van der Waals surface area contributed by atoms with E-state index >= 15 is 0 Å². The van der Waals surface area contributed by atoms with Crippen LogP contribution in [0.25, 0.3) is 21.5 Å². The van der Waals surface area contributed by atoms with Gasteiger partial charge in [0.15, 0.2) is 16.0 Å². The number of rotatable bonds is 4. The molecule has 2 heterocycles. The van der Waals surface area contributed by atoms with E-state index in [1.807, 2.05) is 12.1 Å². The van der Waals surface area contributed by atoms with Crippen molar-refractivity contribution in [1.29, 1.82) is 0 Å². The summed E-state index contributed by atoms with van der Waals surface area (Å²) in [6.07, 6.45) is 0. The maximum absolute atomic E-state index is 12.5. The summed E-state index contributed by atoms with van der Waals surface area (Å²) in [5.41, 5.74) is 2.19. The number of amides is 2. The van der Waals surface area contributed by atoms with E-state index in [1.165, 1.54) is 18.3 Å². The lowest BCUT2D eigenvalue weighted by molar-refractivity contribution is -0.114. The molecule has 0 bridgehead atoms. The highest BCUT2D eigenvalue weighted by Crippen LogP contribution is 2.28. The minimum atomic E-state index is -0.486. The lowest BCUT2D eigenvalue weighted by Gasteiger charge is -2.05. The van der Waals surface area contributed by atoms with Crippen LogP contribution in [0.15, 0.2) is 59.0 Å². The van der Waals surface area contributed by atoms with Gasteiger partial charge in [0, 0.05) is 23.2 Å². The molecular weight excluding hydrogens is 456 g/mol. The molecule has 156 valence electrons. The van der Waals surface area contributed by atoms with Crippen molar-refractivity contribution in [2.45, 2.75) is 6.92 Å². The fraction of sp³-hybridized carbons (Fsp3) is 0.0476. The molecular formula is C21H15ClN4O3S2. The van der Waals surface area contributed by atoms with Crippen molar-refractivity contribution in [3.8, 4) is 11.3 Å². The molecule has 4 aromatic rings. The van der Waals surface area contributed by atoms with Crippen molar-refractivity contribution in [2.75, 3.05) is 10.6 Å². The number of thiocarbonyl (C=S) groups is 1. The summed E-state index contributed by atoms with van der Waals surface area (Å²) < 4.78 is 6.49. The zero-order valence-electron chi connectivity index (χ0n) is 16.1. The van der Waals surface area contributed by atoms with Crippen molar-refractivity contribution < 1.29 is 14.0 Å². The molecule has 2 amide bonds. The molecule has 0 unspecified atom stereocenters. The maximum atomic E-state index is 12.5. The Labute approximate surface area is 191 Å². The number of furan rings is 1.